The van der Waals surface area contributed by atoms with Gasteiger partial charge in [-0.2, -0.15) is 0 Å². The largest absolute Gasteiger partial charge is 0.495 e. The van der Waals surface area contributed by atoms with E-state index < -0.39 is 0 Å². The normalized spacial score (nSPS) is 10.9. The van der Waals surface area contributed by atoms with Crippen LogP contribution in [0, 0.1) is 6.92 Å². The standard InChI is InChI=1S/C22H18ClN3O3S/c1-13-19(14-6-4-3-5-7-14)20-21(30-13)24-12-26(22(20)28)11-18(27)25-16-10-15(23)8-9-17(16)29-2/h3-10,12H,11H2,1-2H3,(H,25,27). The Kier molecular flexibility index (Phi) is 5.57. The summed E-state index contributed by atoms with van der Waals surface area (Å²) in [7, 11) is 1.51. The molecule has 0 atom stereocenters. The van der Waals surface area contributed by atoms with E-state index in [0.29, 0.717) is 26.7 Å². The number of hydrogen-bond acceptors (Lipinski definition) is 5. The number of hydrogen-bond donors (Lipinski definition) is 1. The van der Waals surface area contributed by atoms with Gasteiger partial charge in [0.05, 0.1) is 24.5 Å². The highest BCUT2D eigenvalue weighted by Crippen LogP contribution is 2.35. The molecule has 2 aromatic heterocycles. The van der Waals surface area contributed by atoms with E-state index in [2.05, 4.69) is 10.3 Å². The minimum Gasteiger partial charge on any atom is -0.495 e. The SMILES string of the molecule is COc1ccc(Cl)cc1NC(=O)Cn1cnc2sc(C)c(-c3ccccc3)c2c1=O. The second-order valence-corrected chi connectivity index (χ2v) is 8.29. The minimum absolute atomic E-state index is 0.180. The molecule has 2 aromatic carbocycles. The molecule has 8 heteroatoms. The zero-order valence-corrected chi connectivity index (χ0v) is 17.9. The van der Waals surface area contributed by atoms with E-state index in [9.17, 15) is 9.59 Å². The van der Waals surface area contributed by atoms with E-state index in [1.54, 1.807) is 18.2 Å². The molecular formula is C22H18ClN3O3S. The summed E-state index contributed by atoms with van der Waals surface area (Å²) in [5, 5.41) is 3.74. The maximum absolute atomic E-state index is 13.2. The summed E-state index contributed by atoms with van der Waals surface area (Å²) < 4.78 is 6.56. The van der Waals surface area contributed by atoms with Crippen molar-refractivity contribution in [1.82, 2.24) is 9.55 Å². The van der Waals surface area contributed by atoms with Crippen LogP contribution in [0.15, 0.2) is 59.7 Å². The number of aromatic nitrogens is 2. The Bertz CT molecular complexity index is 1300. The number of ether oxygens (including phenoxy) is 1. The van der Waals surface area contributed by atoms with Crippen LogP contribution in [0.3, 0.4) is 0 Å². The molecule has 0 aliphatic rings. The van der Waals surface area contributed by atoms with Crippen LogP contribution in [-0.4, -0.2) is 22.6 Å². The van der Waals surface area contributed by atoms with Crippen molar-refractivity contribution in [2.45, 2.75) is 13.5 Å². The van der Waals surface area contributed by atoms with Crippen LogP contribution in [0.4, 0.5) is 5.69 Å². The topological polar surface area (TPSA) is 73.2 Å². The number of carbonyl (C=O) groups is 1. The smallest absolute Gasteiger partial charge is 0.263 e. The van der Waals surface area contributed by atoms with Crippen molar-refractivity contribution in [3.63, 3.8) is 0 Å². The summed E-state index contributed by atoms with van der Waals surface area (Å²) in [6.07, 6.45) is 1.41. The van der Waals surface area contributed by atoms with Gasteiger partial charge in [-0.3, -0.25) is 14.2 Å². The predicted molar refractivity (Wildman–Crippen MR) is 121 cm³/mol. The van der Waals surface area contributed by atoms with E-state index in [4.69, 9.17) is 16.3 Å². The number of carbonyl (C=O) groups excluding carboxylic acids is 1. The van der Waals surface area contributed by atoms with Crippen LogP contribution >= 0.6 is 22.9 Å². The lowest BCUT2D eigenvalue weighted by atomic mass is 10.0. The van der Waals surface area contributed by atoms with Crippen molar-refractivity contribution < 1.29 is 9.53 Å². The van der Waals surface area contributed by atoms with E-state index >= 15 is 0 Å². The molecule has 0 bridgehead atoms. The fourth-order valence-corrected chi connectivity index (χ4v) is 4.50. The molecule has 6 nitrogen and oxygen atoms in total. The Hall–Kier alpha value is -3.16. The molecule has 0 aliphatic carbocycles. The Morgan fingerprint density at radius 1 is 1.23 bits per heavy atom. The number of benzene rings is 2. The summed E-state index contributed by atoms with van der Waals surface area (Å²) >= 11 is 7.48. The lowest BCUT2D eigenvalue weighted by Crippen LogP contribution is -2.28. The van der Waals surface area contributed by atoms with Crippen LogP contribution < -0.4 is 15.6 Å². The van der Waals surface area contributed by atoms with Crippen molar-refractivity contribution in [1.29, 1.82) is 0 Å². The summed E-state index contributed by atoms with van der Waals surface area (Å²) in [4.78, 5) is 31.9. The van der Waals surface area contributed by atoms with Gasteiger partial charge >= 0.3 is 0 Å². The average molecular weight is 440 g/mol. The quantitative estimate of drug-likeness (QED) is 0.487. The lowest BCUT2D eigenvalue weighted by molar-refractivity contribution is -0.116. The van der Waals surface area contributed by atoms with Gasteiger partial charge in [-0.05, 0) is 30.7 Å². The summed E-state index contributed by atoms with van der Waals surface area (Å²) in [6.45, 7) is 1.79. The molecule has 4 aromatic rings. The number of aryl methyl sites for hydroxylation is 1. The molecule has 30 heavy (non-hydrogen) atoms. The number of thiophene rings is 1. The molecule has 4 rings (SSSR count). The molecule has 0 unspecified atom stereocenters. The molecule has 0 saturated heterocycles. The van der Waals surface area contributed by atoms with E-state index in [1.807, 2.05) is 37.3 Å². The summed E-state index contributed by atoms with van der Waals surface area (Å²) in [6, 6.07) is 14.6. The second-order valence-electron chi connectivity index (χ2n) is 6.65. The van der Waals surface area contributed by atoms with Gasteiger partial charge in [0.2, 0.25) is 5.91 Å². The number of nitrogens with zero attached hydrogens (tertiary/aromatic N) is 2. The Morgan fingerprint density at radius 2 is 2.00 bits per heavy atom. The molecule has 0 saturated carbocycles. The molecule has 0 spiro atoms. The van der Waals surface area contributed by atoms with Gasteiger partial charge in [0.15, 0.2) is 0 Å². The Labute approximate surface area is 181 Å². The first-order valence-corrected chi connectivity index (χ1v) is 10.3. The highest BCUT2D eigenvalue weighted by molar-refractivity contribution is 7.19. The number of amides is 1. The zero-order chi connectivity index (χ0) is 21.3. The molecule has 152 valence electrons. The van der Waals surface area contributed by atoms with Crippen LogP contribution in [0.25, 0.3) is 21.3 Å². The van der Waals surface area contributed by atoms with Crippen molar-refractivity contribution in [2.24, 2.45) is 0 Å². The third kappa shape index (κ3) is 3.81. The molecule has 2 heterocycles. The number of nitrogens with one attached hydrogen (secondary N) is 1. The number of anilines is 1. The molecule has 1 N–H and O–H groups in total. The fraction of sp³-hybridized carbons (Fsp3) is 0.136. The molecule has 0 radical (unpaired) electrons. The maximum Gasteiger partial charge on any atom is 0.263 e. The average Bonchev–Trinajstić information content (AvgIpc) is 3.07. The van der Waals surface area contributed by atoms with Gasteiger partial charge in [-0.15, -0.1) is 11.3 Å². The van der Waals surface area contributed by atoms with Crippen molar-refractivity contribution in [2.75, 3.05) is 12.4 Å². The van der Waals surface area contributed by atoms with Gasteiger partial charge in [-0.1, -0.05) is 41.9 Å². The predicted octanol–water partition coefficient (Wildman–Crippen LogP) is 4.73. The molecule has 0 fully saturated rings. The third-order valence-corrected chi connectivity index (χ3v) is 5.92. The number of rotatable bonds is 5. The van der Waals surface area contributed by atoms with Crippen LogP contribution in [0.2, 0.25) is 5.02 Å². The van der Waals surface area contributed by atoms with Gasteiger partial charge in [0, 0.05) is 15.5 Å². The van der Waals surface area contributed by atoms with Crippen molar-refractivity contribution in [3.8, 4) is 16.9 Å². The number of methoxy groups -OCH3 is 1. The molecule has 1 amide bonds. The van der Waals surface area contributed by atoms with Crippen LogP contribution in [0.1, 0.15) is 4.88 Å². The van der Waals surface area contributed by atoms with Gasteiger partial charge in [0.25, 0.3) is 5.56 Å². The summed E-state index contributed by atoms with van der Waals surface area (Å²) in [5.41, 5.74) is 2.00. The third-order valence-electron chi connectivity index (χ3n) is 4.67. The highest BCUT2D eigenvalue weighted by atomic mass is 35.5. The number of halogens is 1. The number of fused-ring (bicyclic) bond motifs is 1. The molecule has 0 aliphatic heterocycles. The van der Waals surface area contributed by atoms with Crippen molar-refractivity contribution in [3.05, 3.63) is 75.1 Å². The van der Waals surface area contributed by atoms with Gasteiger partial charge in [-0.25, -0.2) is 4.98 Å². The second kappa shape index (κ2) is 8.30. The zero-order valence-electron chi connectivity index (χ0n) is 16.3. The molecular weight excluding hydrogens is 422 g/mol. The maximum atomic E-state index is 13.2. The highest BCUT2D eigenvalue weighted by Gasteiger charge is 2.18. The van der Waals surface area contributed by atoms with Gasteiger partial charge in [0.1, 0.15) is 17.1 Å². The lowest BCUT2D eigenvalue weighted by Gasteiger charge is -2.11. The van der Waals surface area contributed by atoms with Crippen LogP contribution in [-0.2, 0) is 11.3 Å². The summed E-state index contributed by atoms with van der Waals surface area (Å²) in [5.74, 6) is 0.0977. The Balaban J connectivity index is 1.69. The monoisotopic (exact) mass is 439 g/mol. The first-order valence-electron chi connectivity index (χ1n) is 9.15. The Morgan fingerprint density at radius 3 is 2.73 bits per heavy atom. The van der Waals surface area contributed by atoms with E-state index in [1.165, 1.54) is 29.3 Å². The van der Waals surface area contributed by atoms with Crippen molar-refractivity contribution >= 4 is 44.7 Å². The minimum atomic E-state index is -0.382. The van der Waals surface area contributed by atoms with Gasteiger partial charge < -0.3 is 10.1 Å². The van der Waals surface area contributed by atoms with E-state index in [-0.39, 0.29) is 18.0 Å². The van der Waals surface area contributed by atoms with Crippen LogP contribution in [0.5, 0.6) is 5.75 Å². The first kappa shape index (κ1) is 20.1. The first-order chi connectivity index (χ1) is 14.5. The fourth-order valence-electron chi connectivity index (χ4n) is 3.32. The van der Waals surface area contributed by atoms with E-state index in [0.717, 1.165) is 16.0 Å².